The van der Waals surface area contributed by atoms with Gasteiger partial charge in [0.15, 0.2) is 6.61 Å². The van der Waals surface area contributed by atoms with Gasteiger partial charge in [0.05, 0.1) is 5.69 Å². The lowest BCUT2D eigenvalue weighted by atomic mass is 10.1. The van der Waals surface area contributed by atoms with Crippen molar-refractivity contribution < 1.29 is 19.5 Å². The highest BCUT2D eigenvalue weighted by molar-refractivity contribution is 6.45. The van der Waals surface area contributed by atoms with Crippen molar-refractivity contribution in [2.75, 3.05) is 18.6 Å². The van der Waals surface area contributed by atoms with Crippen molar-refractivity contribution in [2.24, 2.45) is 5.16 Å². The number of rotatable bonds is 2. The van der Waals surface area contributed by atoms with E-state index in [0.717, 1.165) is 0 Å². The molecule has 0 radical (unpaired) electrons. The van der Waals surface area contributed by atoms with Gasteiger partial charge in [-0.25, -0.2) is 0 Å². The van der Waals surface area contributed by atoms with E-state index in [1.54, 1.807) is 25.2 Å². The molecule has 0 fully saturated rings. The van der Waals surface area contributed by atoms with E-state index >= 15 is 0 Å². The standard InChI is InChI=1S/C12H12N2O4/c1-7(13-17)12(16)8-3-4-10-9(5-8)14(2)11(15)6-18-10/h3-5,17H,6H2,1-2H3/b13-7-. The first-order valence-corrected chi connectivity index (χ1v) is 5.31. The van der Waals surface area contributed by atoms with Gasteiger partial charge in [0, 0.05) is 12.6 Å². The molecule has 94 valence electrons. The molecule has 0 saturated carbocycles. The summed E-state index contributed by atoms with van der Waals surface area (Å²) in [7, 11) is 1.62. The molecule has 1 aromatic carbocycles. The fraction of sp³-hybridized carbons (Fsp3) is 0.250. The zero-order valence-electron chi connectivity index (χ0n) is 10.0. The molecule has 0 saturated heterocycles. The highest BCUT2D eigenvalue weighted by Gasteiger charge is 2.23. The molecule has 0 unspecified atom stereocenters. The maximum atomic E-state index is 11.8. The molecule has 1 aliphatic heterocycles. The van der Waals surface area contributed by atoms with Crippen LogP contribution in [-0.4, -0.2) is 36.3 Å². The molecule has 6 nitrogen and oxygen atoms in total. The molecule has 0 atom stereocenters. The summed E-state index contributed by atoms with van der Waals surface area (Å²) in [4.78, 5) is 24.7. The molecular weight excluding hydrogens is 236 g/mol. The minimum atomic E-state index is -0.397. The molecule has 1 aromatic rings. The van der Waals surface area contributed by atoms with Gasteiger partial charge in [-0.3, -0.25) is 9.59 Å². The molecule has 2 rings (SSSR count). The number of anilines is 1. The van der Waals surface area contributed by atoms with E-state index in [2.05, 4.69) is 5.16 Å². The van der Waals surface area contributed by atoms with Crippen LogP contribution >= 0.6 is 0 Å². The SMILES string of the molecule is C/C(=N/O)C(=O)c1ccc2c(c1)N(C)C(=O)CO2. The lowest BCUT2D eigenvalue weighted by Crippen LogP contribution is -2.35. The van der Waals surface area contributed by atoms with Crippen LogP contribution in [0.5, 0.6) is 5.75 Å². The molecule has 1 amide bonds. The third-order valence-corrected chi connectivity index (χ3v) is 2.79. The number of benzene rings is 1. The Bertz CT molecular complexity index is 551. The van der Waals surface area contributed by atoms with E-state index in [4.69, 9.17) is 9.94 Å². The Morgan fingerprint density at radius 2 is 2.22 bits per heavy atom. The van der Waals surface area contributed by atoms with Crippen LogP contribution in [0.25, 0.3) is 0 Å². The number of likely N-dealkylation sites (N-methyl/N-ethyl adjacent to an activating group) is 1. The van der Waals surface area contributed by atoms with Gasteiger partial charge in [0.2, 0.25) is 5.78 Å². The largest absolute Gasteiger partial charge is 0.482 e. The second-order valence-electron chi connectivity index (χ2n) is 3.94. The molecular formula is C12H12N2O4. The fourth-order valence-corrected chi connectivity index (χ4v) is 1.67. The van der Waals surface area contributed by atoms with Crippen LogP contribution in [0.15, 0.2) is 23.4 Å². The summed E-state index contributed by atoms with van der Waals surface area (Å²) in [5, 5.41) is 11.4. The average molecular weight is 248 g/mol. The molecule has 0 aliphatic carbocycles. The van der Waals surface area contributed by atoms with Gasteiger partial charge in [-0.1, -0.05) is 5.16 Å². The van der Waals surface area contributed by atoms with Crippen LogP contribution in [0.1, 0.15) is 17.3 Å². The lowest BCUT2D eigenvalue weighted by Gasteiger charge is -2.26. The maximum absolute atomic E-state index is 11.8. The Labute approximate surface area is 103 Å². The maximum Gasteiger partial charge on any atom is 0.264 e. The van der Waals surface area contributed by atoms with E-state index in [0.29, 0.717) is 17.0 Å². The number of hydrogen-bond donors (Lipinski definition) is 1. The Kier molecular flexibility index (Phi) is 3.01. The highest BCUT2D eigenvalue weighted by atomic mass is 16.5. The smallest absolute Gasteiger partial charge is 0.264 e. The molecule has 0 aromatic heterocycles. The summed E-state index contributed by atoms with van der Waals surface area (Å²) in [6.45, 7) is 1.40. The first kappa shape index (κ1) is 12.1. The monoisotopic (exact) mass is 248 g/mol. The topological polar surface area (TPSA) is 79.2 Å². The zero-order valence-corrected chi connectivity index (χ0v) is 10.0. The predicted octanol–water partition coefficient (Wildman–Crippen LogP) is 1.07. The number of ether oxygens (including phenoxy) is 1. The van der Waals surface area contributed by atoms with Crippen LogP contribution in [0.3, 0.4) is 0 Å². The number of nitrogens with zero attached hydrogens (tertiary/aromatic N) is 2. The second-order valence-corrected chi connectivity index (χ2v) is 3.94. The quantitative estimate of drug-likeness (QED) is 0.367. The minimum absolute atomic E-state index is 0.00603. The molecule has 6 heteroatoms. The third-order valence-electron chi connectivity index (χ3n) is 2.79. The van der Waals surface area contributed by atoms with Crippen LogP contribution in [-0.2, 0) is 4.79 Å². The number of fused-ring (bicyclic) bond motifs is 1. The van der Waals surface area contributed by atoms with Crippen molar-refractivity contribution in [2.45, 2.75) is 6.92 Å². The van der Waals surface area contributed by atoms with Gasteiger partial charge in [0.1, 0.15) is 11.5 Å². The lowest BCUT2D eigenvalue weighted by molar-refractivity contribution is -0.120. The number of oxime groups is 1. The van der Waals surface area contributed by atoms with E-state index in [9.17, 15) is 9.59 Å². The van der Waals surface area contributed by atoms with Gasteiger partial charge >= 0.3 is 0 Å². The van der Waals surface area contributed by atoms with Crippen LogP contribution in [0.4, 0.5) is 5.69 Å². The number of ketones is 1. The number of Topliss-reactive ketones (excluding diaryl/α,β-unsaturated/α-hetero) is 1. The summed E-state index contributed by atoms with van der Waals surface area (Å²) >= 11 is 0. The van der Waals surface area contributed by atoms with Gasteiger partial charge < -0.3 is 14.8 Å². The molecule has 1 aliphatic rings. The van der Waals surface area contributed by atoms with Crippen molar-refractivity contribution in [3.63, 3.8) is 0 Å². The molecule has 1 N–H and O–H groups in total. The number of carbonyl (C=O) groups excluding carboxylic acids is 2. The van der Waals surface area contributed by atoms with Crippen molar-refractivity contribution in [1.82, 2.24) is 0 Å². The number of carbonyl (C=O) groups is 2. The van der Waals surface area contributed by atoms with Gasteiger partial charge in [0.25, 0.3) is 5.91 Å². The Morgan fingerprint density at radius 3 is 2.89 bits per heavy atom. The summed E-state index contributed by atoms with van der Waals surface area (Å²) < 4.78 is 5.25. The van der Waals surface area contributed by atoms with Crippen molar-refractivity contribution in [3.8, 4) is 5.75 Å². The van der Waals surface area contributed by atoms with Crippen LogP contribution in [0, 0.1) is 0 Å². The van der Waals surface area contributed by atoms with E-state index < -0.39 is 5.78 Å². The van der Waals surface area contributed by atoms with Gasteiger partial charge in [-0.2, -0.15) is 0 Å². The summed E-state index contributed by atoms with van der Waals surface area (Å²) in [5.74, 6) is -0.0291. The van der Waals surface area contributed by atoms with Crippen molar-refractivity contribution in [1.29, 1.82) is 0 Å². The van der Waals surface area contributed by atoms with E-state index in [1.807, 2.05) is 0 Å². The minimum Gasteiger partial charge on any atom is -0.482 e. The van der Waals surface area contributed by atoms with E-state index in [1.165, 1.54) is 11.8 Å². The summed E-state index contributed by atoms with van der Waals surface area (Å²) in [6, 6.07) is 4.74. The Morgan fingerprint density at radius 1 is 1.50 bits per heavy atom. The van der Waals surface area contributed by atoms with Crippen LogP contribution < -0.4 is 9.64 Å². The normalized spacial score (nSPS) is 15.1. The average Bonchev–Trinajstić information content (AvgIpc) is 2.41. The summed E-state index contributed by atoms with van der Waals surface area (Å²) in [6.07, 6.45) is 0. The molecule has 0 bridgehead atoms. The van der Waals surface area contributed by atoms with Crippen molar-refractivity contribution in [3.05, 3.63) is 23.8 Å². The molecule has 1 heterocycles. The zero-order chi connectivity index (χ0) is 13.3. The predicted molar refractivity (Wildman–Crippen MR) is 64.6 cm³/mol. The van der Waals surface area contributed by atoms with E-state index in [-0.39, 0.29) is 18.2 Å². The Hall–Kier alpha value is -2.37. The van der Waals surface area contributed by atoms with Gasteiger partial charge in [-0.05, 0) is 25.1 Å². The fourth-order valence-electron chi connectivity index (χ4n) is 1.67. The first-order valence-electron chi connectivity index (χ1n) is 5.31. The third kappa shape index (κ3) is 1.92. The Balaban J connectivity index is 2.43. The second kappa shape index (κ2) is 4.48. The molecule has 0 spiro atoms. The van der Waals surface area contributed by atoms with Gasteiger partial charge in [-0.15, -0.1) is 0 Å². The highest BCUT2D eigenvalue weighted by Crippen LogP contribution is 2.32. The number of hydrogen-bond acceptors (Lipinski definition) is 5. The number of amides is 1. The van der Waals surface area contributed by atoms with Crippen LogP contribution in [0.2, 0.25) is 0 Å². The first-order chi connectivity index (χ1) is 8.54. The van der Waals surface area contributed by atoms with Crippen molar-refractivity contribution >= 4 is 23.1 Å². The summed E-state index contributed by atoms with van der Waals surface area (Å²) in [5.41, 5.74) is 0.859. The molecule has 18 heavy (non-hydrogen) atoms.